The molecule has 0 atom stereocenters. The van der Waals surface area contributed by atoms with E-state index in [-0.39, 0.29) is 65.2 Å². The van der Waals surface area contributed by atoms with Gasteiger partial charge in [0, 0.05) is 0 Å². The van der Waals surface area contributed by atoms with Gasteiger partial charge in [0.15, 0.2) is 0 Å². The van der Waals surface area contributed by atoms with E-state index in [1.165, 1.54) is 0 Å². The third-order valence-corrected chi connectivity index (χ3v) is 0. The molecule has 0 aromatic carbocycles. The van der Waals surface area contributed by atoms with E-state index in [4.69, 9.17) is 0 Å². The average Bonchev–Trinajstić information content (AvgIpc) is 1.00. The molecule has 0 fully saturated rings. The van der Waals surface area contributed by atoms with Crippen LogP contribution in [0.2, 0.25) is 0 Å². The van der Waals surface area contributed by atoms with Crippen molar-refractivity contribution >= 4 is 0 Å². The second-order valence-corrected chi connectivity index (χ2v) is 0. The van der Waals surface area contributed by atoms with Gasteiger partial charge < -0.3 is 31.4 Å². The maximum atomic E-state index is 4.25. The van der Waals surface area contributed by atoms with Gasteiger partial charge in [0.05, 0.1) is 0 Å². The van der Waals surface area contributed by atoms with Crippen LogP contribution in [0, 0.1) is 47.0 Å². The summed E-state index contributed by atoms with van der Waals surface area (Å²) in [6.07, 6.45) is 0. The topological polar surface area (TPSA) is 0 Å². The van der Waals surface area contributed by atoms with Crippen molar-refractivity contribution in [3.05, 3.63) is 13.2 Å². The molecule has 1 radical (unpaired) electrons. The molecule has 0 nitrogen and oxygen atoms in total. The molecule has 5 heavy (non-hydrogen) atoms. The van der Waals surface area contributed by atoms with Crippen molar-refractivity contribution in [1.82, 2.24) is 0 Å². The zero-order chi connectivity index (χ0) is 2.00. The van der Waals surface area contributed by atoms with Gasteiger partial charge in [-0.3, -0.25) is 6.58 Å². The van der Waals surface area contributed by atoms with Crippen LogP contribution in [0.5, 0.6) is 0 Å². The molecule has 0 aliphatic heterocycles. The number of hydrogen-bond acceptors (Lipinski definition) is 0. The van der Waals surface area contributed by atoms with Crippen molar-refractivity contribution in [2.75, 3.05) is 0 Å². The van der Waals surface area contributed by atoms with Gasteiger partial charge >= 0.3 is 40.4 Å². The summed E-state index contributed by atoms with van der Waals surface area (Å²) < 4.78 is 0. The average molecular weight is 248 g/mol. The van der Waals surface area contributed by atoms with Crippen LogP contribution in [0.4, 0.5) is 0 Å². The SMILES string of the molecule is [CH-]=C.[Cl-].[Cl-].[Sm+3]. The second-order valence-electron chi connectivity index (χ2n) is 0. The van der Waals surface area contributed by atoms with Gasteiger partial charge in [-0.15, -0.1) is 0 Å². The Bertz CT molecular complexity index is 7.61. The molecule has 0 unspecified atom stereocenters. The van der Waals surface area contributed by atoms with E-state index in [0.29, 0.717) is 0 Å². The maximum Gasteiger partial charge on any atom is 3.00 e. The molecule has 0 rings (SSSR count). The monoisotopic (exact) mass is 249 g/mol. The Morgan fingerprint density at radius 2 is 1.00 bits per heavy atom. The Balaban J connectivity index is -0.00000000167. The van der Waals surface area contributed by atoms with Crippen LogP contribution in [0.25, 0.3) is 0 Å². The van der Waals surface area contributed by atoms with Crippen molar-refractivity contribution in [1.29, 1.82) is 0 Å². The molecular weight excluding hydrogens is 245 g/mol. The van der Waals surface area contributed by atoms with E-state index in [0.717, 1.165) is 0 Å². The van der Waals surface area contributed by atoms with Crippen molar-refractivity contribution in [2.24, 2.45) is 0 Å². The van der Waals surface area contributed by atoms with Crippen molar-refractivity contribution in [3.63, 3.8) is 0 Å². The van der Waals surface area contributed by atoms with Crippen LogP contribution in [-0.2, 0) is 0 Å². The van der Waals surface area contributed by atoms with E-state index >= 15 is 0 Å². The van der Waals surface area contributed by atoms with Crippen LogP contribution in [0.15, 0.2) is 6.58 Å². The molecule has 31 valence electrons. The molecule has 0 saturated carbocycles. The number of hydrogen-bond donors (Lipinski definition) is 0. The van der Waals surface area contributed by atoms with E-state index in [2.05, 4.69) is 13.2 Å². The fraction of sp³-hybridized carbons (Fsp3) is 0. The van der Waals surface area contributed by atoms with Gasteiger partial charge in [0.25, 0.3) is 0 Å². The molecule has 0 amide bonds. The molecule has 0 spiro atoms. The normalized spacial score (nSPS) is 0.800. The molecule has 0 aromatic heterocycles. The van der Waals surface area contributed by atoms with Crippen LogP contribution in [0.3, 0.4) is 0 Å². The maximum absolute atomic E-state index is 4.25. The van der Waals surface area contributed by atoms with Gasteiger partial charge in [-0.1, -0.05) is 0 Å². The third-order valence-electron chi connectivity index (χ3n) is 0. The molecule has 0 heterocycles. The van der Waals surface area contributed by atoms with E-state index in [9.17, 15) is 0 Å². The zero-order valence-electron chi connectivity index (χ0n) is 2.45. The van der Waals surface area contributed by atoms with Crippen LogP contribution >= 0.6 is 0 Å². The largest absolute Gasteiger partial charge is 3.00 e. The first-order valence-electron chi connectivity index (χ1n) is 0.408. The Morgan fingerprint density at radius 1 is 1.00 bits per heavy atom. The molecule has 0 bridgehead atoms. The molecule has 0 aliphatic carbocycles. The molecule has 0 saturated heterocycles. The van der Waals surface area contributed by atoms with Gasteiger partial charge in [0.2, 0.25) is 0 Å². The standard InChI is InChI=1S/C2H3.2ClH.Sm/c1-2;;;/h1H,2H2;2*1H;/q-1;;;+3/p-2. The smallest absolute Gasteiger partial charge is 1.00 e. The van der Waals surface area contributed by atoms with Crippen molar-refractivity contribution in [3.8, 4) is 0 Å². The molecule has 0 aliphatic rings. The van der Waals surface area contributed by atoms with E-state index in [1.54, 1.807) is 0 Å². The predicted octanol–water partition coefficient (Wildman–Crippen LogP) is -5.39. The molecule has 0 N–H and O–H groups in total. The molecular formula is C2H3Cl2Sm. The van der Waals surface area contributed by atoms with Crippen molar-refractivity contribution < 1.29 is 65.2 Å². The summed E-state index contributed by atoms with van der Waals surface area (Å²) in [7, 11) is 0. The fourth-order valence-corrected chi connectivity index (χ4v) is 0. The second kappa shape index (κ2) is 44.7. The van der Waals surface area contributed by atoms with Gasteiger partial charge in [-0.05, 0) is 0 Å². The first-order chi connectivity index (χ1) is 1.00. The summed E-state index contributed by atoms with van der Waals surface area (Å²) in [5.74, 6) is 0. The molecule has 3 heteroatoms. The fourth-order valence-electron chi connectivity index (χ4n) is 0. The summed E-state index contributed by atoms with van der Waals surface area (Å²) >= 11 is 0. The minimum absolute atomic E-state index is 0. The van der Waals surface area contributed by atoms with Crippen LogP contribution in [0.1, 0.15) is 0 Å². The summed E-state index contributed by atoms with van der Waals surface area (Å²) in [5.41, 5.74) is 0. The van der Waals surface area contributed by atoms with Crippen molar-refractivity contribution in [2.45, 2.75) is 0 Å². The summed E-state index contributed by atoms with van der Waals surface area (Å²) in [4.78, 5) is 0. The van der Waals surface area contributed by atoms with Crippen LogP contribution < -0.4 is 24.8 Å². The number of rotatable bonds is 0. The summed E-state index contributed by atoms with van der Waals surface area (Å²) in [6.45, 7) is 7.00. The van der Waals surface area contributed by atoms with E-state index in [1.807, 2.05) is 0 Å². The Labute approximate surface area is 77.3 Å². The Morgan fingerprint density at radius 3 is 1.00 bits per heavy atom. The summed E-state index contributed by atoms with van der Waals surface area (Å²) in [6, 6.07) is 0. The van der Waals surface area contributed by atoms with Gasteiger partial charge in [0.1, 0.15) is 0 Å². The first kappa shape index (κ1) is 30.2. The minimum atomic E-state index is 0. The molecule has 0 aromatic rings. The first-order valence-corrected chi connectivity index (χ1v) is 0.408. The Hall–Kier alpha value is 1.66. The quantitative estimate of drug-likeness (QED) is 0.376. The number of halogens is 2. The van der Waals surface area contributed by atoms with Crippen LogP contribution in [-0.4, -0.2) is 0 Å². The van der Waals surface area contributed by atoms with E-state index < -0.39 is 0 Å². The zero-order valence-corrected chi connectivity index (χ0v) is 6.58. The Kier molecular flexibility index (Phi) is 270. The van der Waals surface area contributed by atoms with Gasteiger partial charge in [-0.2, -0.15) is 0 Å². The van der Waals surface area contributed by atoms with Gasteiger partial charge in [-0.25, -0.2) is 0 Å². The predicted molar refractivity (Wildman–Crippen MR) is 9.93 cm³/mol. The minimum Gasteiger partial charge on any atom is -1.00 e. The summed E-state index contributed by atoms with van der Waals surface area (Å²) in [5, 5.41) is 0. The third kappa shape index (κ3) is 27.5.